The topological polar surface area (TPSA) is 59.0 Å². The number of benzene rings is 4. The molecule has 0 radical (unpaired) electrons. The van der Waals surface area contributed by atoms with Crippen LogP contribution in [0.3, 0.4) is 0 Å². The predicted molar refractivity (Wildman–Crippen MR) is 158 cm³/mol. The summed E-state index contributed by atoms with van der Waals surface area (Å²) >= 11 is 1.48. The van der Waals surface area contributed by atoms with Crippen molar-refractivity contribution < 1.29 is 19.4 Å². The molecule has 1 aromatic heterocycles. The number of carbonyl (C=O) groups is 1. The molecule has 1 amide bonds. The molecule has 5 aromatic rings. The number of phenols is 1. The molecule has 0 spiro atoms. The number of phenolic OH excluding ortho intramolecular Hbond substituents is 1. The van der Waals surface area contributed by atoms with Crippen molar-refractivity contribution in [3.05, 3.63) is 114 Å². The van der Waals surface area contributed by atoms with Crippen molar-refractivity contribution >= 4 is 27.3 Å². The smallest absolute Gasteiger partial charge is 0.256 e. The number of fused-ring (bicyclic) bond motifs is 1. The molecule has 198 valence electrons. The first-order valence-electron chi connectivity index (χ1n) is 13.1. The average molecular weight is 538 g/mol. The molecule has 0 saturated heterocycles. The number of amides is 1. The van der Waals surface area contributed by atoms with E-state index in [-0.39, 0.29) is 11.7 Å². The van der Waals surface area contributed by atoms with E-state index in [4.69, 9.17) is 9.47 Å². The lowest BCUT2D eigenvalue weighted by Gasteiger charge is -2.19. The van der Waals surface area contributed by atoms with Gasteiger partial charge in [0.2, 0.25) is 0 Å². The minimum Gasteiger partial charge on any atom is -0.507 e. The summed E-state index contributed by atoms with van der Waals surface area (Å²) in [5.74, 6) is 1.25. The van der Waals surface area contributed by atoms with Crippen molar-refractivity contribution in [2.24, 2.45) is 0 Å². The van der Waals surface area contributed by atoms with E-state index in [1.807, 2.05) is 105 Å². The number of rotatable bonds is 10. The van der Waals surface area contributed by atoms with Gasteiger partial charge in [-0.05, 0) is 60.9 Å². The van der Waals surface area contributed by atoms with Crippen LogP contribution in [0.5, 0.6) is 17.2 Å². The van der Waals surface area contributed by atoms with Crippen LogP contribution in [0.1, 0.15) is 35.3 Å². The standard InChI is InChI=1S/C33H31NO4S/c1-3-34(4-2)33(36)31-30-28(35)19-27(38-22-24-13-9-6-10-14-24)20-29(30)39-32(31)25-15-17-26(18-16-25)37-21-23-11-7-5-8-12-23/h5-20,35H,3-4,21-22H2,1-2H3. The number of thiophene rings is 1. The highest BCUT2D eigenvalue weighted by Gasteiger charge is 2.26. The van der Waals surface area contributed by atoms with Gasteiger partial charge in [0, 0.05) is 34.1 Å². The second kappa shape index (κ2) is 12.0. The first-order chi connectivity index (χ1) is 19.1. The summed E-state index contributed by atoms with van der Waals surface area (Å²) in [6, 6.07) is 31.2. The molecule has 5 rings (SSSR count). The van der Waals surface area contributed by atoms with Gasteiger partial charge in [0.15, 0.2) is 0 Å². The van der Waals surface area contributed by atoms with E-state index in [9.17, 15) is 9.90 Å². The Bertz CT molecular complexity index is 1540. The van der Waals surface area contributed by atoms with Crippen LogP contribution in [0.4, 0.5) is 0 Å². The molecule has 1 N–H and O–H groups in total. The van der Waals surface area contributed by atoms with E-state index in [0.717, 1.165) is 32.0 Å². The molecule has 39 heavy (non-hydrogen) atoms. The molecule has 0 unspecified atom stereocenters. The highest BCUT2D eigenvalue weighted by atomic mass is 32.1. The van der Waals surface area contributed by atoms with Crippen molar-refractivity contribution in [1.29, 1.82) is 0 Å². The van der Waals surface area contributed by atoms with Gasteiger partial charge < -0.3 is 19.5 Å². The lowest BCUT2D eigenvalue weighted by molar-refractivity contribution is 0.0776. The quantitative estimate of drug-likeness (QED) is 0.197. The third-order valence-electron chi connectivity index (χ3n) is 6.62. The number of aromatic hydroxyl groups is 1. The van der Waals surface area contributed by atoms with Gasteiger partial charge >= 0.3 is 0 Å². The fraction of sp³-hybridized carbons (Fsp3) is 0.182. The Morgan fingerprint density at radius 1 is 0.769 bits per heavy atom. The Balaban J connectivity index is 1.49. The van der Waals surface area contributed by atoms with E-state index in [1.165, 1.54) is 11.3 Å². The van der Waals surface area contributed by atoms with Crippen LogP contribution in [-0.2, 0) is 13.2 Å². The van der Waals surface area contributed by atoms with E-state index < -0.39 is 0 Å². The van der Waals surface area contributed by atoms with Crippen LogP contribution in [0, 0.1) is 0 Å². The Labute approximate surface area is 232 Å². The molecule has 0 aliphatic rings. The summed E-state index contributed by atoms with van der Waals surface area (Å²) in [6.45, 7) is 5.96. The fourth-order valence-electron chi connectivity index (χ4n) is 4.53. The molecule has 0 bridgehead atoms. The van der Waals surface area contributed by atoms with Gasteiger partial charge in [-0.1, -0.05) is 60.7 Å². The maximum absolute atomic E-state index is 13.7. The molecule has 0 aliphatic carbocycles. The van der Waals surface area contributed by atoms with Gasteiger partial charge in [0.1, 0.15) is 30.5 Å². The van der Waals surface area contributed by atoms with E-state index in [0.29, 0.717) is 43.0 Å². The molecule has 0 saturated carbocycles. The van der Waals surface area contributed by atoms with Gasteiger partial charge in [-0.2, -0.15) is 0 Å². The zero-order valence-electron chi connectivity index (χ0n) is 22.1. The minimum atomic E-state index is -0.0982. The first-order valence-corrected chi connectivity index (χ1v) is 13.9. The molecule has 4 aromatic carbocycles. The summed E-state index contributed by atoms with van der Waals surface area (Å²) in [6.07, 6.45) is 0. The van der Waals surface area contributed by atoms with E-state index >= 15 is 0 Å². The van der Waals surface area contributed by atoms with Crippen LogP contribution in [0.15, 0.2) is 97.1 Å². The number of hydrogen-bond acceptors (Lipinski definition) is 5. The predicted octanol–water partition coefficient (Wildman–Crippen LogP) is 7.91. The molecule has 6 heteroatoms. The van der Waals surface area contributed by atoms with Crippen molar-refractivity contribution in [2.45, 2.75) is 27.1 Å². The number of hydrogen-bond donors (Lipinski definition) is 1. The second-order valence-corrected chi connectivity index (χ2v) is 10.2. The third-order valence-corrected chi connectivity index (χ3v) is 7.81. The van der Waals surface area contributed by atoms with Gasteiger partial charge in [0.05, 0.1) is 5.56 Å². The van der Waals surface area contributed by atoms with Crippen LogP contribution in [0.2, 0.25) is 0 Å². The Morgan fingerprint density at radius 2 is 1.33 bits per heavy atom. The first kappa shape index (κ1) is 26.3. The molecule has 0 fully saturated rings. The minimum absolute atomic E-state index is 0.0383. The van der Waals surface area contributed by atoms with Gasteiger partial charge in [-0.25, -0.2) is 0 Å². The molecular weight excluding hydrogens is 506 g/mol. The summed E-state index contributed by atoms with van der Waals surface area (Å²) in [7, 11) is 0. The Morgan fingerprint density at radius 3 is 1.90 bits per heavy atom. The number of nitrogens with zero attached hydrogens (tertiary/aromatic N) is 1. The second-order valence-electron chi connectivity index (χ2n) is 9.17. The summed E-state index contributed by atoms with van der Waals surface area (Å²) in [5, 5.41) is 11.7. The number of carbonyl (C=O) groups excluding carboxylic acids is 1. The SMILES string of the molecule is CCN(CC)C(=O)c1c(-c2ccc(OCc3ccccc3)cc2)sc2cc(OCc3ccccc3)cc(O)c12. The highest BCUT2D eigenvalue weighted by Crippen LogP contribution is 2.45. The molecule has 0 aliphatic heterocycles. The zero-order valence-corrected chi connectivity index (χ0v) is 22.9. The van der Waals surface area contributed by atoms with Crippen molar-refractivity contribution in [3.8, 4) is 27.7 Å². The van der Waals surface area contributed by atoms with Crippen LogP contribution >= 0.6 is 11.3 Å². The van der Waals surface area contributed by atoms with Gasteiger partial charge in [-0.15, -0.1) is 11.3 Å². The Hall–Kier alpha value is -4.29. The van der Waals surface area contributed by atoms with Gasteiger partial charge in [0.25, 0.3) is 5.91 Å². The van der Waals surface area contributed by atoms with Gasteiger partial charge in [-0.3, -0.25) is 4.79 Å². The third kappa shape index (κ3) is 5.91. The lowest BCUT2D eigenvalue weighted by Crippen LogP contribution is -2.30. The highest BCUT2D eigenvalue weighted by molar-refractivity contribution is 7.22. The fourth-order valence-corrected chi connectivity index (χ4v) is 5.78. The maximum atomic E-state index is 13.7. The summed E-state index contributed by atoms with van der Waals surface area (Å²) in [4.78, 5) is 16.3. The largest absolute Gasteiger partial charge is 0.507 e. The van der Waals surface area contributed by atoms with Crippen molar-refractivity contribution in [1.82, 2.24) is 4.90 Å². The lowest BCUT2D eigenvalue weighted by atomic mass is 10.0. The Kier molecular flexibility index (Phi) is 8.13. The van der Waals surface area contributed by atoms with E-state index in [2.05, 4.69) is 0 Å². The van der Waals surface area contributed by atoms with Crippen LogP contribution in [-0.4, -0.2) is 29.0 Å². The average Bonchev–Trinajstić information content (AvgIpc) is 3.37. The van der Waals surface area contributed by atoms with E-state index in [1.54, 1.807) is 11.0 Å². The molecule has 1 heterocycles. The summed E-state index contributed by atoms with van der Waals surface area (Å²) in [5.41, 5.74) is 3.54. The monoisotopic (exact) mass is 537 g/mol. The van der Waals surface area contributed by atoms with Crippen LogP contribution in [0.25, 0.3) is 20.5 Å². The zero-order chi connectivity index (χ0) is 27.2. The summed E-state index contributed by atoms with van der Waals surface area (Å²) < 4.78 is 12.8. The van der Waals surface area contributed by atoms with Crippen molar-refractivity contribution in [2.75, 3.05) is 13.1 Å². The van der Waals surface area contributed by atoms with Crippen molar-refractivity contribution in [3.63, 3.8) is 0 Å². The molecule has 0 atom stereocenters. The number of ether oxygens (including phenoxy) is 2. The molecular formula is C33H31NO4S. The van der Waals surface area contributed by atoms with Crippen LogP contribution < -0.4 is 9.47 Å². The normalized spacial score (nSPS) is 10.9. The maximum Gasteiger partial charge on any atom is 0.256 e. The molecule has 5 nitrogen and oxygen atoms in total.